The van der Waals surface area contributed by atoms with Crippen LogP contribution in [0.1, 0.15) is 25.4 Å². The smallest absolute Gasteiger partial charge is 0.325 e. The number of hydrogen-bond donors (Lipinski definition) is 2. The van der Waals surface area contributed by atoms with Crippen molar-refractivity contribution < 1.29 is 9.90 Å². The van der Waals surface area contributed by atoms with Gasteiger partial charge >= 0.3 is 5.97 Å². The molecule has 0 saturated heterocycles. The Morgan fingerprint density at radius 3 is 2.80 bits per heavy atom. The van der Waals surface area contributed by atoms with Gasteiger partial charge in [-0.15, -0.1) is 0 Å². The normalized spacial score (nSPS) is 12.2. The number of carboxylic acid groups (broad SMARTS) is 1. The Kier molecular flexibility index (Phi) is 3.60. The molecule has 15 heavy (non-hydrogen) atoms. The van der Waals surface area contributed by atoms with Gasteiger partial charge in [0.25, 0.3) is 0 Å². The molecule has 82 valence electrons. The van der Waals surface area contributed by atoms with Crippen molar-refractivity contribution in [2.24, 2.45) is 0 Å². The van der Waals surface area contributed by atoms with Crippen LogP contribution < -0.4 is 5.32 Å². The van der Waals surface area contributed by atoms with Crippen molar-refractivity contribution in [2.45, 2.75) is 33.2 Å². The standard InChI is InChI=1S/C10H15N3O2/c1-4-8-11-6(2)5-9(13-8)12-7(3)10(14)15/h5,7H,4H2,1-3H3,(H,14,15)(H,11,12,13). The average Bonchev–Trinajstić information content (AvgIpc) is 2.16. The molecule has 1 unspecified atom stereocenters. The van der Waals surface area contributed by atoms with Crippen LogP contribution in [0, 0.1) is 6.92 Å². The highest BCUT2D eigenvalue weighted by atomic mass is 16.4. The molecule has 0 radical (unpaired) electrons. The summed E-state index contributed by atoms with van der Waals surface area (Å²) in [4.78, 5) is 19.0. The maximum atomic E-state index is 10.6. The highest BCUT2D eigenvalue weighted by Crippen LogP contribution is 2.08. The predicted molar refractivity (Wildman–Crippen MR) is 56.9 cm³/mol. The molecule has 1 aromatic heterocycles. The summed E-state index contributed by atoms with van der Waals surface area (Å²) in [6.45, 7) is 5.39. The molecule has 0 aliphatic heterocycles. The van der Waals surface area contributed by atoms with Gasteiger partial charge in [0, 0.05) is 18.2 Å². The van der Waals surface area contributed by atoms with Crippen LogP contribution in [-0.4, -0.2) is 27.1 Å². The van der Waals surface area contributed by atoms with Gasteiger partial charge in [0.15, 0.2) is 0 Å². The largest absolute Gasteiger partial charge is 0.480 e. The van der Waals surface area contributed by atoms with Crippen molar-refractivity contribution in [2.75, 3.05) is 5.32 Å². The minimum absolute atomic E-state index is 0.564. The molecule has 0 spiro atoms. The average molecular weight is 209 g/mol. The van der Waals surface area contributed by atoms with Gasteiger partial charge in [-0.05, 0) is 13.8 Å². The quantitative estimate of drug-likeness (QED) is 0.780. The molecule has 2 N–H and O–H groups in total. The maximum absolute atomic E-state index is 10.6. The SMILES string of the molecule is CCc1nc(C)cc(NC(C)C(=O)O)n1. The van der Waals surface area contributed by atoms with Crippen molar-refractivity contribution >= 4 is 11.8 Å². The zero-order valence-corrected chi connectivity index (χ0v) is 9.11. The number of aryl methyl sites for hydroxylation is 2. The number of anilines is 1. The molecular weight excluding hydrogens is 194 g/mol. The van der Waals surface area contributed by atoms with Crippen LogP contribution in [0.3, 0.4) is 0 Å². The van der Waals surface area contributed by atoms with Gasteiger partial charge < -0.3 is 10.4 Å². The first-order valence-electron chi connectivity index (χ1n) is 4.86. The minimum Gasteiger partial charge on any atom is -0.480 e. The minimum atomic E-state index is -0.899. The topological polar surface area (TPSA) is 75.1 Å². The molecule has 0 fully saturated rings. The summed E-state index contributed by atoms with van der Waals surface area (Å²) >= 11 is 0. The molecule has 0 amide bonds. The van der Waals surface area contributed by atoms with E-state index in [1.165, 1.54) is 0 Å². The van der Waals surface area contributed by atoms with Gasteiger partial charge in [0.1, 0.15) is 17.7 Å². The Bertz CT molecular complexity index is 366. The van der Waals surface area contributed by atoms with E-state index < -0.39 is 12.0 Å². The molecule has 1 atom stereocenters. The van der Waals surface area contributed by atoms with E-state index in [-0.39, 0.29) is 0 Å². The van der Waals surface area contributed by atoms with E-state index in [4.69, 9.17) is 5.11 Å². The van der Waals surface area contributed by atoms with Crippen molar-refractivity contribution in [1.82, 2.24) is 9.97 Å². The Morgan fingerprint density at radius 1 is 1.60 bits per heavy atom. The van der Waals surface area contributed by atoms with Gasteiger partial charge in [-0.3, -0.25) is 4.79 Å². The zero-order chi connectivity index (χ0) is 11.4. The highest BCUT2D eigenvalue weighted by Gasteiger charge is 2.11. The lowest BCUT2D eigenvalue weighted by molar-refractivity contribution is -0.137. The Labute approximate surface area is 88.6 Å². The van der Waals surface area contributed by atoms with Gasteiger partial charge in [-0.1, -0.05) is 6.92 Å². The number of rotatable bonds is 4. The zero-order valence-electron chi connectivity index (χ0n) is 9.11. The lowest BCUT2D eigenvalue weighted by Crippen LogP contribution is -2.26. The molecule has 1 heterocycles. The Balaban J connectivity index is 2.85. The maximum Gasteiger partial charge on any atom is 0.325 e. The fraction of sp³-hybridized carbons (Fsp3) is 0.500. The summed E-state index contributed by atoms with van der Waals surface area (Å²) in [7, 11) is 0. The lowest BCUT2D eigenvalue weighted by atomic mass is 10.3. The van der Waals surface area contributed by atoms with Gasteiger partial charge in [0.05, 0.1) is 0 Å². The predicted octanol–water partition coefficient (Wildman–Crippen LogP) is 1.23. The number of nitrogens with one attached hydrogen (secondary N) is 1. The first kappa shape index (κ1) is 11.4. The van der Waals surface area contributed by atoms with Crippen molar-refractivity contribution in [3.63, 3.8) is 0 Å². The lowest BCUT2D eigenvalue weighted by Gasteiger charge is -2.11. The number of carbonyl (C=O) groups is 1. The monoisotopic (exact) mass is 209 g/mol. The van der Waals surface area contributed by atoms with Crippen LogP contribution in [-0.2, 0) is 11.2 Å². The third kappa shape index (κ3) is 3.19. The fourth-order valence-electron chi connectivity index (χ4n) is 1.15. The summed E-state index contributed by atoms with van der Waals surface area (Å²) in [5.41, 5.74) is 0.835. The van der Waals surface area contributed by atoms with Crippen molar-refractivity contribution in [3.05, 3.63) is 17.6 Å². The molecule has 0 bridgehead atoms. The van der Waals surface area contributed by atoms with Crippen LogP contribution in [0.5, 0.6) is 0 Å². The number of carboxylic acids is 1. The summed E-state index contributed by atoms with van der Waals surface area (Å²) in [6, 6.07) is 1.09. The van der Waals surface area contributed by atoms with E-state index in [2.05, 4.69) is 15.3 Å². The molecule has 1 aromatic rings. The molecule has 5 nitrogen and oxygen atoms in total. The van der Waals surface area contributed by atoms with Crippen LogP contribution in [0.15, 0.2) is 6.07 Å². The van der Waals surface area contributed by atoms with Gasteiger partial charge in [0.2, 0.25) is 0 Å². The van der Waals surface area contributed by atoms with Gasteiger partial charge in [-0.25, -0.2) is 9.97 Å². The summed E-state index contributed by atoms with van der Waals surface area (Å²) < 4.78 is 0. The summed E-state index contributed by atoms with van der Waals surface area (Å²) in [6.07, 6.45) is 0.734. The van der Waals surface area contributed by atoms with E-state index in [0.717, 1.165) is 17.9 Å². The third-order valence-corrected chi connectivity index (χ3v) is 1.95. The van der Waals surface area contributed by atoms with Crippen molar-refractivity contribution in [3.8, 4) is 0 Å². The first-order chi connectivity index (χ1) is 7.02. The second-order valence-corrected chi connectivity index (χ2v) is 3.37. The van der Waals surface area contributed by atoms with E-state index in [1.54, 1.807) is 13.0 Å². The molecule has 0 aliphatic carbocycles. The molecule has 5 heteroatoms. The van der Waals surface area contributed by atoms with E-state index in [0.29, 0.717) is 5.82 Å². The van der Waals surface area contributed by atoms with E-state index in [1.807, 2.05) is 13.8 Å². The first-order valence-corrected chi connectivity index (χ1v) is 4.86. The number of hydrogen-bond acceptors (Lipinski definition) is 4. The fourth-order valence-corrected chi connectivity index (χ4v) is 1.15. The molecule has 0 aromatic carbocycles. The second-order valence-electron chi connectivity index (χ2n) is 3.37. The third-order valence-electron chi connectivity index (χ3n) is 1.95. The summed E-state index contributed by atoms with van der Waals surface area (Å²) in [5.74, 6) is 0.383. The van der Waals surface area contributed by atoms with E-state index >= 15 is 0 Å². The Hall–Kier alpha value is -1.65. The number of aliphatic carboxylic acids is 1. The molecular formula is C10H15N3O2. The summed E-state index contributed by atoms with van der Waals surface area (Å²) in [5, 5.41) is 11.5. The Morgan fingerprint density at radius 2 is 2.27 bits per heavy atom. The van der Waals surface area contributed by atoms with Gasteiger partial charge in [-0.2, -0.15) is 0 Å². The van der Waals surface area contributed by atoms with Crippen LogP contribution in [0.4, 0.5) is 5.82 Å². The number of nitrogens with zero attached hydrogens (tertiary/aromatic N) is 2. The second kappa shape index (κ2) is 4.72. The van der Waals surface area contributed by atoms with Crippen LogP contribution >= 0.6 is 0 Å². The van der Waals surface area contributed by atoms with Crippen LogP contribution in [0.2, 0.25) is 0 Å². The molecule has 0 saturated carbocycles. The van der Waals surface area contributed by atoms with E-state index in [9.17, 15) is 4.79 Å². The molecule has 0 aliphatic rings. The van der Waals surface area contributed by atoms with Crippen molar-refractivity contribution in [1.29, 1.82) is 0 Å². The number of aromatic nitrogens is 2. The van der Waals surface area contributed by atoms with Crippen LogP contribution in [0.25, 0.3) is 0 Å². The highest BCUT2D eigenvalue weighted by molar-refractivity contribution is 5.76. The molecule has 1 rings (SSSR count).